The van der Waals surface area contributed by atoms with Crippen LogP contribution in [0.15, 0.2) is 68.6 Å². The average Bonchev–Trinajstić information content (AvgIpc) is 2.83. The molecular weight excluding hydrogens is 418 g/mol. The molecule has 168 valence electrons. The molecule has 0 spiro atoms. The second kappa shape index (κ2) is 8.69. The summed E-state index contributed by atoms with van der Waals surface area (Å²) >= 11 is 0. The van der Waals surface area contributed by atoms with Gasteiger partial charge in [0.15, 0.2) is 22.0 Å². The number of H-pyrrole nitrogens is 1. The van der Waals surface area contributed by atoms with Gasteiger partial charge in [-0.15, -0.1) is 0 Å². The molecule has 0 fully saturated rings. The third-order valence-corrected chi connectivity index (χ3v) is 6.04. The van der Waals surface area contributed by atoms with Crippen LogP contribution in [0.25, 0.3) is 43.7 Å². The molecule has 5 aromatic rings. The van der Waals surface area contributed by atoms with Crippen LogP contribution in [0.4, 0.5) is 5.69 Å². The summed E-state index contributed by atoms with van der Waals surface area (Å²) in [4.78, 5) is 32.5. The number of rotatable bonds is 7. The molecule has 0 aliphatic rings. The Balaban J connectivity index is 1.73. The predicted octanol–water partition coefficient (Wildman–Crippen LogP) is 3.67. The van der Waals surface area contributed by atoms with Gasteiger partial charge in [0.05, 0.1) is 28.4 Å². The van der Waals surface area contributed by atoms with Crippen molar-refractivity contribution in [2.75, 3.05) is 38.6 Å². The van der Waals surface area contributed by atoms with Crippen LogP contribution in [0, 0.1) is 0 Å². The lowest BCUT2D eigenvalue weighted by Gasteiger charge is -2.16. The maximum absolute atomic E-state index is 13.6. The zero-order valence-electron chi connectivity index (χ0n) is 18.4. The van der Waals surface area contributed by atoms with Crippen LogP contribution in [-0.4, -0.2) is 48.3 Å². The molecule has 0 bridgehead atoms. The van der Waals surface area contributed by atoms with Gasteiger partial charge >= 0.3 is 0 Å². The minimum atomic E-state index is -0.196. The van der Waals surface area contributed by atoms with Crippen molar-refractivity contribution in [3.8, 4) is 0 Å². The summed E-state index contributed by atoms with van der Waals surface area (Å²) in [6.07, 6.45) is 0.809. The molecule has 3 N–H and O–H groups in total. The molecule has 0 aliphatic carbocycles. The number of aliphatic hydroxyl groups excluding tert-OH is 1. The molecule has 0 saturated heterocycles. The van der Waals surface area contributed by atoms with E-state index in [1.54, 1.807) is 30.3 Å². The molecule has 5 rings (SSSR count). The summed E-state index contributed by atoms with van der Waals surface area (Å²) in [7, 11) is 1.95. The van der Waals surface area contributed by atoms with Crippen molar-refractivity contribution in [2.24, 2.45) is 0 Å². The Hall–Kier alpha value is -3.68. The van der Waals surface area contributed by atoms with E-state index < -0.39 is 0 Å². The fourth-order valence-corrected chi connectivity index (χ4v) is 4.38. The average molecular weight is 444 g/mol. The number of hydrogen-bond acceptors (Lipinski definition) is 6. The van der Waals surface area contributed by atoms with E-state index >= 15 is 0 Å². The van der Waals surface area contributed by atoms with Crippen LogP contribution in [0.2, 0.25) is 0 Å². The van der Waals surface area contributed by atoms with E-state index in [4.69, 9.17) is 9.52 Å². The second-order valence-electron chi connectivity index (χ2n) is 8.28. The van der Waals surface area contributed by atoms with Gasteiger partial charge in [-0.3, -0.25) is 9.59 Å². The van der Waals surface area contributed by atoms with Gasteiger partial charge in [-0.2, -0.15) is 0 Å². The Morgan fingerprint density at radius 1 is 0.939 bits per heavy atom. The van der Waals surface area contributed by atoms with Crippen molar-refractivity contribution >= 4 is 49.4 Å². The number of aliphatic hydroxyl groups is 1. The van der Waals surface area contributed by atoms with Gasteiger partial charge in [-0.05, 0) is 32.1 Å². The Labute approximate surface area is 189 Å². The molecule has 7 heteroatoms. The maximum Gasteiger partial charge on any atom is 0.196 e. The largest absolute Gasteiger partial charge is 0.453 e. The number of aromatic amines is 1. The van der Waals surface area contributed by atoms with Crippen molar-refractivity contribution in [2.45, 2.75) is 6.42 Å². The van der Waals surface area contributed by atoms with E-state index in [2.05, 4.69) is 10.3 Å². The van der Waals surface area contributed by atoms with Crippen LogP contribution in [0.3, 0.4) is 0 Å². The smallest absolute Gasteiger partial charge is 0.196 e. The normalized spacial score (nSPS) is 11.8. The van der Waals surface area contributed by atoms with Gasteiger partial charge < -0.3 is 24.7 Å². The number of nitrogens with one attached hydrogen (secondary N) is 2. The minimum absolute atomic E-state index is 0.115. The summed E-state index contributed by atoms with van der Waals surface area (Å²) in [6.45, 7) is 2.12. The highest BCUT2D eigenvalue weighted by atomic mass is 16.3. The number of benzene rings is 4. The number of para-hydroxylation sites is 2. The number of anilines is 1. The monoisotopic (exact) mass is 443 g/mol. The molecule has 0 unspecified atom stereocenters. The van der Waals surface area contributed by atoms with Crippen molar-refractivity contribution < 1.29 is 9.52 Å². The number of aromatic nitrogens is 1. The van der Waals surface area contributed by atoms with E-state index in [9.17, 15) is 9.59 Å². The fraction of sp³-hybridized carbons (Fsp3) is 0.231. The lowest BCUT2D eigenvalue weighted by Crippen LogP contribution is -2.25. The first-order valence-corrected chi connectivity index (χ1v) is 11.0. The third-order valence-electron chi connectivity index (χ3n) is 6.04. The number of likely N-dealkylation sites (N-methyl/N-ethyl adjacent to an activating group) is 1. The zero-order valence-corrected chi connectivity index (χ0v) is 18.4. The van der Waals surface area contributed by atoms with E-state index in [0.717, 1.165) is 18.5 Å². The molecule has 0 atom stereocenters. The number of nitrogens with zero attached hydrogens (tertiary/aromatic N) is 1. The lowest BCUT2D eigenvalue weighted by atomic mass is 9.99. The SMILES string of the molecule is CN(CCO)CCCNc1cc2oc3ccccc3[nH]c2c2c(=O)c3ccccc3c(=O)c12. The third kappa shape index (κ3) is 3.75. The van der Waals surface area contributed by atoms with E-state index in [1.807, 2.05) is 36.2 Å². The van der Waals surface area contributed by atoms with Crippen molar-refractivity contribution in [3.05, 3.63) is 75.0 Å². The number of fused-ring (bicyclic) bond motifs is 5. The highest BCUT2D eigenvalue weighted by Gasteiger charge is 2.19. The summed E-state index contributed by atoms with van der Waals surface area (Å²) < 4.78 is 6.13. The molecule has 33 heavy (non-hydrogen) atoms. The molecule has 0 aliphatic heterocycles. The molecule has 0 radical (unpaired) electrons. The minimum Gasteiger partial charge on any atom is -0.453 e. The van der Waals surface area contributed by atoms with E-state index in [-0.39, 0.29) is 17.5 Å². The summed E-state index contributed by atoms with van der Waals surface area (Å²) in [5, 5.41) is 14.0. The van der Waals surface area contributed by atoms with Gasteiger partial charge in [-0.25, -0.2) is 0 Å². The van der Waals surface area contributed by atoms with E-state index in [1.165, 1.54) is 0 Å². The van der Waals surface area contributed by atoms with Crippen LogP contribution in [-0.2, 0) is 0 Å². The highest BCUT2D eigenvalue weighted by molar-refractivity contribution is 6.14. The standard InChI is InChI=1S/C26H25N3O4/c1-29(13-14-30)12-6-11-27-19-15-21-24(28-18-9-4-5-10-20(18)33-21)23-22(19)25(31)16-7-2-3-8-17(16)26(23)32/h2-5,7-10,15,27-28,30H,6,11-14H2,1H3. The van der Waals surface area contributed by atoms with Gasteiger partial charge in [0.25, 0.3) is 0 Å². The first-order chi connectivity index (χ1) is 16.1. The van der Waals surface area contributed by atoms with Gasteiger partial charge in [-0.1, -0.05) is 36.4 Å². The topological polar surface area (TPSA) is 98.6 Å². The van der Waals surface area contributed by atoms with Crippen molar-refractivity contribution in [1.29, 1.82) is 0 Å². The van der Waals surface area contributed by atoms with Gasteiger partial charge in [0.1, 0.15) is 0 Å². The summed E-state index contributed by atoms with van der Waals surface area (Å²) in [6, 6.07) is 16.2. The van der Waals surface area contributed by atoms with Crippen LogP contribution >= 0.6 is 0 Å². The van der Waals surface area contributed by atoms with Crippen LogP contribution in [0.5, 0.6) is 0 Å². The molecule has 4 aromatic carbocycles. The molecule has 1 aromatic heterocycles. The maximum atomic E-state index is 13.6. The molecule has 0 saturated carbocycles. The first-order valence-electron chi connectivity index (χ1n) is 11.0. The van der Waals surface area contributed by atoms with Gasteiger partial charge in [0.2, 0.25) is 0 Å². The first kappa shape index (κ1) is 21.2. The predicted molar refractivity (Wildman–Crippen MR) is 133 cm³/mol. The van der Waals surface area contributed by atoms with Crippen molar-refractivity contribution in [3.63, 3.8) is 0 Å². The molecule has 1 heterocycles. The molecular formula is C26H25N3O4. The quantitative estimate of drug-likeness (QED) is 0.202. The Morgan fingerprint density at radius 2 is 1.64 bits per heavy atom. The second-order valence-corrected chi connectivity index (χ2v) is 8.28. The van der Waals surface area contributed by atoms with Crippen LogP contribution in [0.1, 0.15) is 6.42 Å². The summed E-state index contributed by atoms with van der Waals surface area (Å²) in [5.74, 6) is 0. The lowest BCUT2D eigenvalue weighted by molar-refractivity contribution is 0.221. The number of hydrogen-bond donors (Lipinski definition) is 3. The van der Waals surface area contributed by atoms with Crippen molar-refractivity contribution in [1.82, 2.24) is 9.88 Å². The highest BCUT2D eigenvalue weighted by Crippen LogP contribution is 2.30. The van der Waals surface area contributed by atoms with E-state index in [0.29, 0.717) is 57.0 Å². The Kier molecular flexibility index (Phi) is 5.58. The Bertz CT molecular complexity index is 1600. The Morgan fingerprint density at radius 3 is 2.39 bits per heavy atom. The zero-order chi connectivity index (χ0) is 22.9. The fourth-order valence-electron chi connectivity index (χ4n) is 4.38. The molecule has 7 nitrogen and oxygen atoms in total. The van der Waals surface area contributed by atoms with Crippen LogP contribution < -0.4 is 16.2 Å². The van der Waals surface area contributed by atoms with Gasteiger partial charge in [0, 0.05) is 35.6 Å². The molecule has 0 amide bonds. The summed E-state index contributed by atoms with van der Waals surface area (Å²) in [5.41, 5.74) is 2.65.